The van der Waals surface area contributed by atoms with Gasteiger partial charge in [-0.15, -0.1) is 0 Å². The van der Waals surface area contributed by atoms with Gasteiger partial charge in [0.1, 0.15) is 36.2 Å². The van der Waals surface area contributed by atoms with Crippen LogP contribution in [-0.2, 0) is 14.4 Å². The number of rotatable bonds is 3. The molecule has 40 heavy (non-hydrogen) atoms. The molecule has 0 spiro atoms. The van der Waals surface area contributed by atoms with Crippen molar-refractivity contribution in [1.29, 1.82) is 0 Å². The van der Waals surface area contributed by atoms with Gasteiger partial charge < -0.3 is 35.4 Å². The molecular weight excluding hydrogens is 516 g/mol. The van der Waals surface area contributed by atoms with Crippen LogP contribution in [0.2, 0.25) is 0 Å². The molecule has 11 heteroatoms. The zero-order valence-corrected chi connectivity index (χ0v) is 23.1. The number of carbonyl (C=O) groups excluding carboxylic acids is 4. The number of aliphatic hydroxyl groups is 1. The van der Waals surface area contributed by atoms with E-state index in [4.69, 9.17) is 9.47 Å². The van der Waals surface area contributed by atoms with Gasteiger partial charge in [0.2, 0.25) is 17.7 Å². The Bertz CT molecular complexity index is 1280. The SMILES string of the molecule is COc1cccc(-c2ccc3c(c2)C(=O)N[C@@H](C(C)C)C(=O)N[C@H](C)C(=O)N2C[C@@H](O)C[C@H]2C(=O)NCCO3)c1. The normalized spacial score (nSPS) is 24.4. The molecule has 4 amide bonds. The molecule has 4 rings (SSSR count). The number of ether oxygens (including phenoxy) is 2. The molecule has 0 aromatic heterocycles. The van der Waals surface area contributed by atoms with E-state index in [1.807, 2.05) is 30.3 Å². The Kier molecular flexibility index (Phi) is 8.93. The molecule has 2 aromatic rings. The molecule has 2 aliphatic heterocycles. The van der Waals surface area contributed by atoms with Crippen LogP contribution < -0.4 is 25.4 Å². The second kappa shape index (κ2) is 12.4. The number of nitrogens with one attached hydrogen (secondary N) is 3. The third kappa shape index (κ3) is 6.36. The first-order valence-electron chi connectivity index (χ1n) is 13.4. The number of aliphatic hydroxyl groups excluding tert-OH is 1. The monoisotopic (exact) mass is 552 g/mol. The van der Waals surface area contributed by atoms with Crippen LogP contribution in [0.15, 0.2) is 42.5 Å². The summed E-state index contributed by atoms with van der Waals surface area (Å²) in [5.41, 5.74) is 1.78. The Hall–Kier alpha value is -4.12. The highest BCUT2D eigenvalue weighted by molar-refractivity contribution is 6.01. The quantitative estimate of drug-likeness (QED) is 0.446. The average molecular weight is 553 g/mol. The van der Waals surface area contributed by atoms with Crippen molar-refractivity contribution in [2.24, 2.45) is 5.92 Å². The van der Waals surface area contributed by atoms with Crippen LogP contribution in [0, 0.1) is 5.92 Å². The van der Waals surface area contributed by atoms with Crippen molar-refractivity contribution in [1.82, 2.24) is 20.9 Å². The molecule has 0 radical (unpaired) electrons. The summed E-state index contributed by atoms with van der Waals surface area (Å²) < 4.78 is 11.2. The van der Waals surface area contributed by atoms with Crippen LogP contribution in [0.1, 0.15) is 37.6 Å². The van der Waals surface area contributed by atoms with E-state index >= 15 is 0 Å². The topological polar surface area (TPSA) is 146 Å². The number of hydrogen-bond acceptors (Lipinski definition) is 7. The Balaban J connectivity index is 1.69. The van der Waals surface area contributed by atoms with Crippen LogP contribution >= 0.6 is 0 Å². The van der Waals surface area contributed by atoms with Gasteiger partial charge in [0.15, 0.2) is 0 Å². The van der Waals surface area contributed by atoms with Gasteiger partial charge in [-0.1, -0.05) is 32.0 Å². The van der Waals surface area contributed by atoms with Crippen LogP contribution in [0.25, 0.3) is 11.1 Å². The Morgan fingerprint density at radius 3 is 2.50 bits per heavy atom. The molecule has 4 atom stereocenters. The van der Waals surface area contributed by atoms with Crippen molar-refractivity contribution >= 4 is 23.6 Å². The second-order valence-corrected chi connectivity index (χ2v) is 10.4. The molecule has 11 nitrogen and oxygen atoms in total. The summed E-state index contributed by atoms with van der Waals surface area (Å²) in [4.78, 5) is 54.2. The second-order valence-electron chi connectivity index (χ2n) is 10.4. The van der Waals surface area contributed by atoms with Crippen molar-refractivity contribution in [3.63, 3.8) is 0 Å². The van der Waals surface area contributed by atoms with E-state index in [1.54, 1.807) is 33.1 Å². The Morgan fingerprint density at radius 2 is 1.77 bits per heavy atom. The molecule has 4 N–H and O–H groups in total. The molecule has 0 unspecified atom stereocenters. The lowest BCUT2D eigenvalue weighted by molar-refractivity contribution is -0.141. The van der Waals surface area contributed by atoms with Gasteiger partial charge >= 0.3 is 0 Å². The van der Waals surface area contributed by atoms with E-state index < -0.39 is 47.9 Å². The maximum absolute atomic E-state index is 13.6. The average Bonchev–Trinajstić information content (AvgIpc) is 3.34. The zero-order chi connectivity index (χ0) is 29.0. The summed E-state index contributed by atoms with van der Waals surface area (Å²) >= 11 is 0. The van der Waals surface area contributed by atoms with E-state index in [1.165, 1.54) is 11.8 Å². The minimum atomic E-state index is -0.977. The Morgan fingerprint density at radius 1 is 1.02 bits per heavy atom. The number of benzene rings is 2. The fraction of sp³-hybridized carbons (Fsp3) is 0.448. The zero-order valence-electron chi connectivity index (χ0n) is 23.1. The minimum absolute atomic E-state index is 0.0129. The van der Waals surface area contributed by atoms with E-state index in [-0.39, 0.29) is 43.3 Å². The van der Waals surface area contributed by atoms with Crippen LogP contribution in [0.3, 0.4) is 0 Å². The summed E-state index contributed by atoms with van der Waals surface area (Å²) in [6.07, 6.45) is -0.756. The molecule has 214 valence electrons. The molecule has 1 fully saturated rings. The molecule has 2 aromatic carbocycles. The van der Waals surface area contributed by atoms with Crippen LogP contribution in [-0.4, -0.2) is 84.7 Å². The summed E-state index contributed by atoms with van der Waals surface area (Å²) in [6.45, 7) is 5.26. The lowest BCUT2D eigenvalue weighted by atomic mass is 9.99. The first-order chi connectivity index (χ1) is 19.1. The Labute approximate surface area is 233 Å². The van der Waals surface area contributed by atoms with Gasteiger partial charge in [-0.25, -0.2) is 0 Å². The number of methoxy groups -OCH3 is 1. The molecule has 1 saturated heterocycles. The number of carbonyl (C=O) groups is 4. The van der Waals surface area contributed by atoms with Crippen molar-refractivity contribution in [2.75, 3.05) is 26.8 Å². The third-order valence-corrected chi connectivity index (χ3v) is 7.12. The number of amides is 4. The van der Waals surface area contributed by atoms with Crippen molar-refractivity contribution < 1.29 is 33.8 Å². The fourth-order valence-corrected chi connectivity index (χ4v) is 4.94. The van der Waals surface area contributed by atoms with Crippen LogP contribution in [0.4, 0.5) is 0 Å². The smallest absolute Gasteiger partial charge is 0.255 e. The van der Waals surface area contributed by atoms with Crippen molar-refractivity contribution in [2.45, 2.75) is 51.4 Å². The van der Waals surface area contributed by atoms with Crippen LogP contribution in [0.5, 0.6) is 11.5 Å². The number of hydrogen-bond donors (Lipinski definition) is 4. The highest BCUT2D eigenvalue weighted by Crippen LogP contribution is 2.29. The predicted molar refractivity (Wildman–Crippen MR) is 147 cm³/mol. The molecule has 2 aliphatic rings. The van der Waals surface area contributed by atoms with Gasteiger partial charge in [0.25, 0.3) is 5.91 Å². The highest BCUT2D eigenvalue weighted by atomic mass is 16.5. The minimum Gasteiger partial charge on any atom is -0.497 e. The lowest BCUT2D eigenvalue weighted by Gasteiger charge is -2.29. The maximum atomic E-state index is 13.6. The van der Waals surface area contributed by atoms with Crippen molar-refractivity contribution in [3.8, 4) is 22.6 Å². The maximum Gasteiger partial charge on any atom is 0.255 e. The molecule has 0 saturated carbocycles. The van der Waals surface area contributed by atoms with Gasteiger partial charge in [-0.2, -0.15) is 0 Å². The highest BCUT2D eigenvalue weighted by Gasteiger charge is 2.41. The first kappa shape index (κ1) is 28.9. The van der Waals surface area contributed by atoms with E-state index in [2.05, 4.69) is 16.0 Å². The predicted octanol–water partition coefficient (Wildman–Crippen LogP) is 1.09. The summed E-state index contributed by atoms with van der Waals surface area (Å²) in [5, 5.41) is 18.4. The van der Waals surface area contributed by atoms with Gasteiger partial charge in [-0.05, 0) is 48.2 Å². The lowest BCUT2D eigenvalue weighted by Crippen LogP contribution is -2.57. The summed E-state index contributed by atoms with van der Waals surface area (Å²) in [5.74, 6) is -1.33. The molecule has 0 bridgehead atoms. The van der Waals surface area contributed by atoms with E-state index in [0.717, 1.165) is 11.1 Å². The van der Waals surface area contributed by atoms with Crippen molar-refractivity contribution in [3.05, 3.63) is 48.0 Å². The van der Waals surface area contributed by atoms with Gasteiger partial charge in [-0.3, -0.25) is 19.2 Å². The third-order valence-electron chi connectivity index (χ3n) is 7.12. The largest absolute Gasteiger partial charge is 0.497 e. The molecule has 2 heterocycles. The first-order valence-corrected chi connectivity index (χ1v) is 13.4. The standard InChI is InChI=1S/C29H36N4O7/c1-16(2)25-28(37)31-17(3)29(38)33-15-20(34)14-23(33)27(36)30-10-11-40-24-9-8-19(13-22(24)26(35)32-25)18-6-5-7-21(12-18)39-4/h5-9,12-13,16-17,20,23,25,34H,10-11,14-15H2,1-4H3,(H,30,36)(H,31,37)(H,32,35)/t17-,20+,23+,25+/m1/s1. The summed E-state index contributed by atoms with van der Waals surface area (Å²) in [6, 6.07) is 9.77. The summed E-state index contributed by atoms with van der Waals surface area (Å²) in [7, 11) is 1.57. The number of fused-ring (bicyclic) bond motifs is 2. The van der Waals surface area contributed by atoms with E-state index in [9.17, 15) is 24.3 Å². The van der Waals surface area contributed by atoms with Gasteiger partial charge in [0, 0.05) is 13.0 Å². The fourth-order valence-electron chi connectivity index (χ4n) is 4.94. The number of nitrogens with zero attached hydrogens (tertiary/aromatic N) is 1. The van der Waals surface area contributed by atoms with E-state index in [0.29, 0.717) is 5.75 Å². The molecule has 0 aliphatic carbocycles. The molecular formula is C29H36N4O7. The van der Waals surface area contributed by atoms with Gasteiger partial charge in [0.05, 0.1) is 25.3 Å².